The molecule has 0 bridgehead atoms. The lowest BCUT2D eigenvalue weighted by Gasteiger charge is -2.17. The fourth-order valence-electron chi connectivity index (χ4n) is 2.13. The van der Waals surface area contributed by atoms with Crippen molar-refractivity contribution in [1.29, 1.82) is 0 Å². The average molecular weight is 346 g/mol. The zero-order valence-electron chi connectivity index (χ0n) is 11.9. The Morgan fingerprint density at radius 3 is 2.85 bits per heavy atom. The van der Waals surface area contributed by atoms with Crippen LogP contribution in [0.4, 0.5) is 0 Å². The zero-order chi connectivity index (χ0) is 14.8. The Labute approximate surface area is 127 Å². The van der Waals surface area contributed by atoms with E-state index >= 15 is 0 Å². The van der Waals surface area contributed by atoms with Crippen LogP contribution in [-0.2, 0) is 16.0 Å². The number of hydrogen-bond acceptors (Lipinski definition) is 5. The van der Waals surface area contributed by atoms with E-state index in [4.69, 9.17) is 14.2 Å². The summed E-state index contributed by atoms with van der Waals surface area (Å²) in [5.74, 6) is 0.0835. The van der Waals surface area contributed by atoms with Crippen LogP contribution in [0.1, 0.15) is 19.4 Å². The topological polar surface area (TPSA) is 60.0 Å². The van der Waals surface area contributed by atoms with Gasteiger partial charge < -0.3 is 24.6 Å². The van der Waals surface area contributed by atoms with Gasteiger partial charge in [-0.05, 0) is 47.5 Å². The van der Waals surface area contributed by atoms with Crippen molar-refractivity contribution >= 4 is 15.9 Å². The van der Waals surface area contributed by atoms with Crippen LogP contribution >= 0.6 is 15.9 Å². The molecule has 1 aromatic carbocycles. The average Bonchev–Trinajstić information content (AvgIpc) is 2.73. The molecule has 0 aliphatic carbocycles. The predicted octanol–water partition coefficient (Wildman–Crippen LogP) is 2.40. The van der Waals surface area contributed by atoms with Gasteiger partial charge >= 0.3 is 0 Å². The highest BCUT2D eigenvalue weighted by molar-refractivity contribution is 9.10. The van der Waals surface area contributed by atoms with Gasteiger partial charge in [0.2, 0.25) is 0 Å². The van der Waals surface area contributed by atoms with Crippen molar-refractivity contribution in [3.8, 4) is 11.5 Å². The second-order valence-corrected chi connectivity index (χ2v) is 6.06. The third kappa shape index (κ3) is 3.85. The quantitative estimate of drug-likeness (QED) is 0.858. The van der Waals surface area contributed by atoms with E-state index in [1.54, 1.807) is 0 Å². The minimum Gasteiger partial charge on any atom is -0.503 e. The Hall–Kier alpha value is -0.820. The molecule has 0 amide bonds. The molecule has 0 saturated carbocycles. The molecule has 112 valence electrons. The van der Waals surface area contributed by atoms with Gasteiger partial charge in [0.15, 0.2) is 17.3 Å². The molecule has 1 saturated heterocycles. The summed E-state index contributed by atoms with van der Waals surface area (Å²) in [5, 5.41) is 13.1. The molecule has 0 spiro atoms. The fraction of sp³-hybridized carbons (Fsp3) is 0.571. The van der Waals surface area contributed by atoms with Gasteiger partial charge in [-0.25, -0.2) is 0 Å². The number of phenols is 1. The van der Waals surface area contributed by atoms with Gasteiger partial charge in [-0.2, -0.15) is 0 Å². The van der Waals surface area contributed by atoms with E-state index in [9.17, 15) is 5.11 Å². The molecule has 1 aromatic rings. The number of rotatable bonds is 5. The Bertz CT molecular complexity index is 478. The second kappa shape index (κ2) is 6.30. The van der Waals surface area contributed by atoms with Crippen LogP contribution in [0.2, 0.25) is 0 Å². The Kier molecular flexibility index (Phi) is 4.90. The molecule has 2 N–H and O–H groups in total. The van der Waals surface area contributed by atoms with Crippen molar-refractivity contribution in [3.05, 3.63) is 22.2 Å². The van der Waals surface area contributed by atoms with Crippen molar-refractivity contribution < 1.29 is 19.3 Å². The van der Waals surface area contributed by atoms with Gasteiger partial charge in [0.25, 0.3) is 0 Å². The van der Waals surface area contributed by atoms with Gasteiger partial charge in [-0.15, -0.1) is 0 Å². The Morgan fingerprint density at radius 2 is 2.25 bits per heavy atom. The summed E-state index contributed by atoms with van der Waals surface area (Å²) < 4.78 is 17.0. The first-order valence-corrected chi connectivity index (χ1v) is 7.28. The molecular weight excluding hydrogens is 326 g/mol. The Balaban J connectivity index is 1.87. The number of methoxy groups -OCH3 is 1. The summed E-state index contributed by atoms with van der Waals surface area (Å²) in [4.78, 5) is 0. The smallest absolute Gasteiger partial charge is 0.172 e. The van der Waals surface area contributed by atoms with Crippen LogP contribution in [-0.4, -0.2) is 37.3 Å². The van der Waals surface area contributed by atoms with Crippen LogP contribution in [0.15, 0.2) is 16.6 Å². The summed E-state index contributed by atoms with van der Waals surface area (Å²) in [5.41, 5.74) is 1.02. The lowest BCUT2D eigenvalue weighted by atomic mass is 10.2. The monoisotopic (exact) mass is 345 g/mol. The summed E-state index contributed by atoms with van der Waals surface area (Å²) in [6.45, 7) is 5.80. The highest BCUT2D eigenvalue weighted by atomic mass is 79.9. The molecule has 1 aliphatic rings. The molecule has 0 aromatic heterocycles. The number of aromatic hydroxyl groups is 1. The van der Waals surface area contributed by atoms with Gasteiger partial charge in [0.05, 0.1) is 24.3 Å². The van der Waals surface area contributed by atoms with Gasteiger partial charge in [0, 0.05) is 13.1 Å². The minimum absolute atomic E-state index is 0.0625. The third-order valence-corrected chi connectivity index (χ3v) is 3.68. The van der Waals surface area contributed by atoms with E-state index in [1.165, 1.54) is 7.11 Å². The molecule has 6 heteroatoms. The van der Waals surface area contributed by atoms with E-state index in [0.717, 1.165) is 5.56 Å². The van der Waals surface area contributed by atoms with Crippen LogP contribution in [0, 0.1) is 0 Å². The van der Waals surface area contributed by atoms with Crippen molar-refractivity contribution in [1.82, 2.24) is 5.32 Å². The molecule has 1 atom stereocenters. The normalized spacial score (nSPS) is 21.1. The van der Waals surface area contributed by atoms with Crippen LogP contribution in [0.5, 0.6) is 11.5 Å². The lowest BCUT2D eigenvalue weighted by molar-refractivity contribution is -0.137. The minimum atomic E-state index is -0.489. The van der Waals surface area contributed by atoms with E-state index in [2.05, 4.69) is 21.2 Å². The van der Waals surface area contributed by atoms with Gasteiger partial charge in [0.1, 0.15) is 0 Å². The first-order chi connectivity index (χ1) is 9.41. The third-order valence-electron chi connectivity index (χ3n) is 3.08. The van der Waals surface area contributed by atoms with Crippen molar-refractivity contribution in [2.75, 3.05) is 20.3 Å². The van der Waals surface area contributed by atoms with E-state index in [0.29, 0.717) is 29.9 Å². The molecule has 20 heavy (non-hydrogen) atoms. The van der Waals surface area contributed by atoms with E-state index in [-0.39, 0.29) is 11.9 Å². The maximum absolute atomic E-state index is 9.75. The fourth-order valence-corrected chi connectivity index (χ4v) is 2.62. The molecule has 1 aliphatic heterocycles. The molecule has 1 fully saturated rings. The van der Waals surface area contributed by atoms with Crippen molar-refractivity contribution in [2.45, 2.75) is 32.3 Å². The largest absolute Gasteiger partial charge is 0.503 e. The summed E-state index contributed by atoms with van der Waals surface area (Å²) in [6.07, 6.45) is 0.0625. The van der Waals surface area contributed by atoms with Crippen molar-refractivity contribution in [2.24, 2.45) is 0 Å². The summed E-state index contributed by atoms with van der Waals surface area (Å²) in [6, 6.07) is 3.67. The van der Waals surface area contributed by atoms with Crippen LogP contribution < -0.4 is 10.1 Å². The second-order valence-electron chi connectivity index (χ2n) is 5.21. The highest BCUT2D eigenvalue weighted by Gasteiger charge is 2.32. The maximum atomic E-state index is 9.75. The molecular formula is C14H20BrNO4. The summed E-state index contributed by atoms with van der Waals surface area (Å²) >= 11 is 3.31. The summed E-state index contributed by atoms with van der Waals surface area (Å²) in [7, 11) is 1.53. The van der Waals surface area contributed by atoms with Crippen LogP contribution in [0.25, 0.3) is 0 Å². The number of ether oxygens (including phenoxy) is 3. The SMILES string of the molecule is COc1cc(CNCC2COC(C)(C)O2)cc(Br)c1O. The molecule has 0 radical (unpaired) electrons. The first-order valence-electron chi connectivity index (χ1n) is 6.49. The number of halogens is 1. The number of nitrogens with one attached hydrogen (secondary N) is 1. The molecule has 1 unspecified atom stereocenters. The number of phenolic OH excluding ortho intramolecular Hbond substituents is 1. The van der Waals surface area contributed by atoms with Gasteiger partial charge in [-0.3, -0.25) is 0 Å². The standard InChI is InChI=1S/C14H20BrNO4/c1-14(2)19-8-10(20-14)7-16-6-9-4-11(15)13(17)12(5-9)18-3/h4-5,10,16-17H,6-8H2,1-3H3. The molecule has 1 heterocycles. The van der Waals surface area contributed by atoms with Crippen LogP contribution in [0.3, 0.4) is 0 Å². The van der Waals surface area contributed by atoms with Crippen molar-refractivity contribution in [3.63, 3.8) is 0 Å². The number of benzene rings is 1. The zero-order valence-corrected chi connectivity index (χ0v) is 13.5. The lowest BCUT2D eigenvalue weighted by Crippen LogP contribution is -2.30. The first kappa shape index (κ1) is 15.6. The van der Waals surface area contributed by atoms with E-state index < -0.39 is 5.79 Å². The molecule has 5 nitrogen and oxygen atoms in total. The molecule has 2 rings (SSSR count). The number of hydrogen-bond donors (Lipinski definition) is 2. The van der Waals surface area contributed by atoms with E-state index in [1.807, 2.05) is 26.0 Å². The predicted molar refractivity (Wildman–Crippen MR) is 79.0 cm³/mol. The Morgan fingerprint density at radius 1 is 1.50 bits per heavy atom. The highest BCUT2D eigenvalue weighted by Crippen LogP contribution is 2.35. The maximum Gasteiger partial charge on any atom is 0.172 e. The van der Waals surface area contributed by atoms with Gasteiger partial charge in [-0.1, -0.05) is 0 Å².